The smallest absolute Gasteiger partial charge is 0.231 e. The fourth-order valence-electron chi connectivity index (χ4n) is 2.25. The lowest BCUT2D eigenvalue weighted by Crippen LogP contribution is -2.15. The van der Waals surface area contributed by atoms with Gasteiger partial charge in [0.15, 0.2) is 0 Å². The molecule has 0 saturated heterocycles. The molecule has 0 aliphatic rings. The molecule has 0 atom stereocenters. The summed E-state index contributed by atoms with van der Waals surface area (Å²) >= 11 is 5.97. The van der Waals surface area contributed by atoms with Gasteiger partial charge in [0, 0.05) is 10.6 Å². The molecule has 0 aliphatic heterocycles. The van der Waals surface area contributed by atoms with Crippen molar-refractivity contribution in [3.63, 3.8) is 0 Å². The van der Waals surface area contributed by atoms with Gasteiger partial charge < -0.3 is 9.72 Å². The molecule has 1 amide bonds. The molecule has 1 heterocycles. The Morgan fingerprint density at radius 3 is 2.91 bits per heavy atom. The molecule has 0 spiro atoms. The van der Waals surface area contributed by atoms with Crippen LogP contribution in [0.2, 0.25) is 5.02 Å². The van der Waals surface area contributed by atoms with Crippen molar-refractivity contribution in [2.45, 2.75) is 6.42 Å². The molecule has 2 aromatic carbocycles. The number of aromatic amines is 1. The molecule has 0 aliphatic carbocycles. The van der Waals surface area contributed by atoms with E-state index in [1.54, 1.807) is 25.3 Å². The number of hydrogen-bond acceptors (Lipinski definition) is 3. The Morgan fingerprint density at radius 2 is 2.14 bits per heavy atom. The number of nitrogens with one attached hydrogen (secondary N) is 2. The normalized spacial score (nSPS) is 10.6. The quantitative estimate of drug-likeness (QED) is 0.775. The number of imidazole rings is 1. The average molecular weight is 316 g/mol. The zero-order valence-electron chi connectivity index (χ0n) is 11.9. The molecule has 0 saturated carbocycles. The van der Waals surface area contributed by atoms with Gasteiger partial charge in [-0.15, -0.1) is 0 Å². The third-order valence-electron chi connectivity index (χ3n) is 3.24. The monoisotopic (exact) mass is 315 g/mol. The van der Waals surface area contributed by atoms with Crippen molar-refractivity contribution >= 4 is 34.5 Å². The number of hydrogen-bond donors (Lipinski definition) is 2. The first-order chi connectivity index (χ1) is 10.7. The zero-order valence-corrected chi connectivity index (χ0v) is 12.6. The van der Waals surface area contributed by atoms with Crippen molar-refractivity contribution in [1.29, 1.82) is 0 Å². The van der Waals surface area contributed by atoms with E-state index in [2.05, 4.69) is 15.3 Å². The first-order valence-corrected chi connectivity index (χ1v) is 7.10. The van der Waals surface area contributed by atoms with E-state index in [0.29, 0.717) is 16.7 Å². The van der Waals surface area contributed by atoms with Crippen LogP contribution < -0.4 is 10.1 Å². The molecule has 2 N–H and O–H groups in total. The van der Waals surface area contributed by atoms with Crippen molar-refractivity contribution in [2.24, 2.45) is 0 Å². The molecular weight excluding hydrogens is 302 g/mol. The minimum absolute atomic E-state index is 0.154. The summed E-state index contributed by atoms with van der Waals surface area (Å²) in [6.45, 7) is 0. The lowest BCUT2D eigenvalue weighted by molar-refractivity contribution is -0.115. The fourth-order valence-corrected chi connectivity index (χ4v) is 2.44. The van der Waals surface area contributed by atoms with E-state index in [-0.39, 0.29) is 12.3 Å². The van der Waals surface area contributed by atoms with Crippen LogP contribution in [0, 0.1) is 0 Å². The van der Waals surface area contributed by atoms with Crippen LogP contribution in [-0.4, -0.2) is 23.0 Å². The van der Waals surface area contributed by atoms with Crippen LogP contribution in [-0.2, 0) is 11.2 Å². The Labute approximate surface area is 132 Å². The van der Waals surface area contributed by atoms with Crippen LogP contribution in [0.5, 0.6) is 5.75 Å². The average Bonchev–Trinajstić information content (AvgIpc) is 2.89. The molecular formula is C16H14ClN3O2. The molecule has 3 rings (SSSR count). The molecule has 0 radical (unpaired) electrons. The number of para-hydroxylation sites is 2. The highest BCUT2D eigenvalue weighted by molar-refractivity contribution is 6.30. The molecule has 0 fully saturated rings. The number of methoxy groups -OCH3 is 1. The van der Waals surface area contributed by atoms with E-state index in [4.69, 9.17) is 16.3 Å². The lowest BCUT2D eigenvalue weighted by Gasteiger charge is -2.08. The maximum atomic E-state index is 12.2. The third-order valence-corrected chi connectivity index (χ3v) is 3.48. The summed E-state index contributed by atoms with van der Waals surface area (Å²) in [7, 11) is 1.56. The van der Waals surface area contributed by atoms with Gasteiger partial charge in [0.25, 0.3) is 0 Å². The van der Waals surface area contributed by atoms with Crippen LogP contribution in [0.3, 0.4) is 0 Å². The SMILES string of the molecule is COc1ccc(Cl)cc1CC(=O)Nc1nc2ccccc2[nH]1. The van der Waals surface area contributed by atoms with E-state index in [0.717, 1.165) is 16.6 Å². The molecule has 3 aromatic rings. The van der Waals surface area contributed by atoms with E-state index >= 15 is 0 Å². The number of fused-ring (bicyclic) bond motifs is 1. The van der Waals surface area contributed by atoms with E-state index in [9.17, 15) is 4.79 Å². The zero-order chi connectivity index (χ0) is 15.5. The van der Waals surface area contributed by atoms with Crippen molar-refractivity contribution in [3.8, 4) is 5.75 Å². The largest absolute Gasteiger partial charge is 0.496 e. The summed E-state index contributed by atoms with van der Waals surface area (Å²) in [6, 6.07) is 12.8. The van der Waals surface area contributed by atoms with Crippen molar-refractivity contribution in [2.75, 3.05) is 12.4 Å². The molecule has 112 valence electrons. The van der Waals surface area contributed by atoms with E-state index in [1.165, 1.54) is 0 Å². The summed E-state index contributed by atoms with van der Waals surface area (Å²) in [5, 5.41) is 3.31. The number of amides is 1. The topological polar surface area (TPSA) is 67.0 Å². The van der Waals surface area contributed by atoms with Gasteiger partial charge in [-0.25, -0.2) is 4.98 Å². The predicted molar refractivity (Wildman–Crippen MR) is 86.4 cm³/mol. The number of carbonyl (C=O) groups excluding carboxylic acids is 1. The summed E-state index contributed by atoms with van der Waals surface area (Å²) in [5.74, 6) is 0.857. The van der Waals surface area contributed by atoms with Crippen molar-refractivity contribution in [3.05, 3.63) is 53.1 Å². The van der Waals surface area contributed by atoms with Gasteiger partial charge in [0.2, 0.25) is 11.9 Å². The fraction of sp³-hybridized carbons (Fsp3) is 0.125. The Bertz CT molecular complexity index is 796. The maximum Gasteiger partial charge on any atom is 0.231 e. The molecule has 6 heteroatoms. The lowest BCUT2D eigenvalue weighted by atomic mass is 10.1. The number of aromatic nitrogens is 2. The van der Waals surface area contributed by atoms with Gasteiger partial charge in [-0.05, 0) is 30.3 Å². The van der Waals surface area contributed by atoms with Crippen LogP contribution in [0.1, 0.15) is 5.56 Å². The van der Waals surface area contributed by atoms with Crippen LogP contribution in [0.4, 0.5) is 5.95 Å². The summed E-state index contributed by atoms with van der Waals surface area (Å²) in [4.78, 5) is 19.5. The number of rotatable bonds is 4. The molecule has 0 unspecified atom stereocenters. The highest BCUT2D eigenvalue weighted by Gasteiger charge is 2.11. The molecule has 22 heavy (non-hydrogen) atoms. The second-order valence-corrected chi connectivity index (χ2v) is 5.22. The Hall–Kier alpha value is -2.53. The van der Waals surface area contributed by atoms with Crippen molar-refractivity contribution in [1.82, 2.24) is 9.97 Å². The van der Waals surface area contributed by atoms with Gasteiger partial charge >= 0.3 is 0 Å². The highest BCUT2D eigenvalue weighted by atomic mass is 35.5. The minimum Gasteiger partial charge on any atom is -0.496 e. The number of nitrogens with zero attached hydrogens (tertiary/aromatic N) is 1. The number of ether oxygens (including phenoxy) is 1. The number of carbonyl (C=O) groups is 1. The number of halogens is 1. The molecule has 1 aromatic heterocycles. The molecule has 0 bridgehead atoms. The third kappa shape index (κ3) is 3.04. The number of H-pyrrole nitrogens is 1. The van der Waals surface area contributed by atoms with E-state index in [1.807, 2.05) is 24.3 Å². The Morgan fingerprint density at radius 1 is 1.32 bits per heavy atom. The predicted octanol–water partition coefficient (Wildman–Crippen LogP) is 3.41. The summed E-state index contributed by atoms with van der Waals surface area (Å²) < 4.78 is 5.24. The van der Waals surface area contributed by atoms with E-state index < -0.39 is 0 Å². The number of benzene rings is 2. The summed E-state index contributed by atoms with van der Waals surface area (Å²) in [5.41, 5.74) is 2.40. The van der Waals surface area contributed by atoms with Gasteiger partial charge in [0.1, 0.15) is 5.75 Å². The first-order valence-electron chi connectivity index (χ1n) is 6.73. The minimum atomic E-state index is -0.195. The highest BCUT2D eigenvalue weighted by Crippen LogP contribution is 2.23. The first kappa shape index (κ1) is 14.4. The van der Waals surface area contributed by atoms with Crippen LogP contribution >= 0.6 is 11.6 Å². The Balaban J connectivity index is 1.76. The second-order valence-electron chi connectivity index (χ2n) is 4.78. The van der Waals surface area contributed by atoms with Crippen molar-refractivity contribution < 1.29 is 9.53 Å². The Kier molecular flexibility index (Phi) is 3.98. The van der Waals surface area contributed by atoms with Gasteiger partial charge in [-0.2, -0.15) is 0 Å². The van der Waals surface area contributed by atoms with Gasteiger partial charge in [0.05, 0.1) is 24.6 Å². The van der Waals surface area contributed by atoms with Crippen LogP contribution in [0.25, 0.3) is 11.0 Å². The summed E-state index contributed by atoms with van der Waals surface area (Å²) in [6.07, 6.45) is 0.154. The van der Waals surface area contributed by atoms with Gasteiger partial charge in [-0.1, -0.05) is 23.7 Å². The second kappa shape index (κ2) is 6.07. The molecule has 5 nitrogen and oxygen atoms in total. The van der Waals surface area contributed by atoms with Gasteiger partial charge in [-0.3, -0.25) is 10.1 Å². The van der Waals surface area contributed by atoms with Crippen LogP contribution in [0.15, 0.2) is 42.5 Å². The maximum absolute atomic E-state index is 12.2. The number of anilines is 1. The standard InChI is InChI=1S/C16H14ClN3O2/c1-22-14-7-6-11(17)8-10(14)9-15(21)20-16-18-12-4-2-3-5-13(12)19-16/h2-8H,9H2,1H3,(H2,18,19,20,21).